The summed E-state index contributed by atoms with van der Waals surface area (Å²) in [5, 5.41) is 14.0. The van der Waals surface area contributed by atoms with E-state index in [1.165, 1.54) is 11.1 Å². The largest absolute Gasteiger partial charge is 0.508 e. The molecule has 0 radical (unpaired) electrons. The molecule has 3 nitrogen and oxygen atoms in total. The van der Waals surface area contributed by atoms with Gasteiger partial charge in [0, 0.05) is 5.41 Å². The molecule has 3 heteroatoms. The first-order chi connectivity index (χ1) is 16.6. The van der Waals surface area contributed by atoms with Crippen LogP contribution >= 0.6 is 0 Å². The van der Waals surface area contributed by atoms with Crippen LogP contribution in [0, 0.1) is 6.92 Å². The van der Waals surface area contributed by atoms with Crippen LogP contribution in [-0.4, -0.2) is 19.6 Å². The van der Waals surface area contributed by atoms with Gasteiger partial charge in [0.1, 0.15) is 17.2 Å². The molecule has 4 rings (SSSR count). The van der Waals surface area contributed by atoms with E-state index in [9.17, 15) is 0 Å². The standard InChI is InChI=1S/C28H26O3/c1-20-2-4-21(5-3-20)18-28(23-8-14-26(30)15-9-23,24-10-16-27(31)17-11-24)19-22-6-12-25(29)13-7-22/h2-17,29-31H,18-19H2,1H3/i/hD3. The van der Waals surface area contributed by atoms with E-state index in [-0.39, 0.29) is 0 Å². The minimum absolute atomic E-state index is 0.459. The molecule has 0 amide bonds. The van der Waals surface area contributed by atoms with Crippen LogP contribution in [0.3, 0.4) is 0 Å². The van der Waals surface area contributed by atoms with Crippen LogP contribution < -0.4 is 0 Å². The van der Waals surface area contributed by atoms with Crippen molar-refractivity contribution in [1.82, 2.24) is 0 Å². The van der Waals surface area contributed by atoms with Crippen molar-refractivity contribution < 1.29 is 15.3 Å². The molecule has 0 aliphatic heterocycles. The Morgan fingerprint density at radius 3 is 1.29 bits per heavy atom. The Balaban J connectivity index is 1.89. The second-order valence-electron chi connectivity index (χ2n) is 8.11. The van der Waals surface area contributed by atoms with Gasteiger partial charge in [-0.1, -0.05) is 66.2 Å². The normalized spacial score (nSPS) is 12.4. The monoisotopic (exact) mass is 413 g/mol. The number of rotatable bonds is 9. The van der Waals surface area contributed by atoms with E-state index in [4.69, 9.17) is 4.29 Å². The quantitative estimate of drug-likeness (QED) is 0.321. The summed E-state index contributed by atoms with van der Waals surface area (Å²) in [4.78, 5) is 0. The Labute approximate surface area is 187 Å². The van der Waals surface area contributed by atoms with Crippen molar-refractivity contribution in [1.29, 1.82) is 4.29 Å². The average Bonchev–Trinajstić information content (AvgIpc) is 2.90. The highest BCUT2D eigenvalue weighted by molar-refractivity contribution is 5.47. The van der Waals surface area contributed by atoms with E-state index in [1.807, 2.05) is 60.7 Å². The molecule has 0 aliphatic carbocycles. The number of aromatic hydroxyl groups is 3. The Bertz CT molecular complexity index is 1140. The fourth-order valence-corrected chi connectivity index (χ4v) is 4.20. The van der Waals surface area contributed by atoms with Gasteiger partial charge in [-0.25, -0.2) is 0 Å². The fourth-order valence-electron chi connectivity index (χ4n) is 4.20. The molecule has 0 spiro atoms. The van der Waals surface area contributed by atoms with Crippen LogP contribution in [0.2, 0.25) is 0 Å². The van der Waals surface area contributed by atoms with Crippen molar-refractivity contribution in [2.24, 2.45) is 0 Å². The molecule has 0 aliphatic rings. The van der Waals surface area contributed by atoms with E-state index in [0.29, 0.717) is 23.7 Å². The summed E-state index contributed by atoms with van der Waals surface area (Å²) in [6.45, 7) is 2.08. The first kappa shape index (κ1) is 17.0. The zero-order valence-electron chi connectivity index (χ0n) is 20.4. The van der Waals surface area contributed by atoms with Gasteiger partial charge >= 0.3 is 0 Å². The van der Waals surface area contributed by atoms with Gasteiger partial charge in [-0.05, 0) is 78.4 Å². The summed E-state index contributed by atoms with van der Waals surface area (Å²) in [5.74, 6) is 1.44. The molecule has 3 N–H and O–H groups in total. The Hall–Kier alpha value is -3.72. The maximum atomic E-state index is 7.24. The summed E-state index contributed by atoms with van der Waals surface area (Å²) in [6.07, 6.45) is 1.41. The number of benzene rings is 4. The van der Waals surface area contributed by atoms with Gasteiger partial charge in [0.25, 0.3) is 4.29 Å². The van der Waals surface area contributed by atoms with Crippen molar-refractivity contribution in [2.75, 3.05) is 0 Å². The molecular formula is C28H26O3. The Morgan fingerprint density at radius 1 is 0.548 bits per heavy atom. The van der Waals surface area contributed by atoms with Crippen molar-refractivity contribution in [3.8, 4) is 17.2 Å². The second kappa shape index (κ2) is 8.57. The first-order valence-corrected chi connectivity index (χ1v) is 10.3. The summed E-state index contributed by atoms with van der Waals surface area (Å²) >= 11 is 0. The van der Waals surface area contributed by atoms with E-state index in [1.54, 1.807) is 12.1 Å². The highest BCUT2D eigenvalue weighted by atomic mass is 16.3. The molecule has 0 saturated heterocycles. The minimum atomic E-state index is -0.459. The molecule has 0 saturated carbocycles. The van der Waals surface area contributed by atoms with Crippen LogP contribution in [-0.2, 0) is 18.3 Å². The van der Waals surface area contributed by atoms with Gasteiger partial charge in [-0.2, -0.15) is 0 Å². The van der Waals surface area contributed by atoms with Crippen molar-refractivity contribution >= 4 is 0 Å². The molecule has 156 valence electrons. The molecule has 0 bridgehead atoms. The van der Waals surface area contributed by atoms with Crippen LogP contribution in [0.4, 0.5) is 0 Å². The Morgan fingerprint density at radius 2 is 0.903 bits per heavy atom. The fraction of sp³-hybridized carbons (Fsp3) is 0.143. The molecule has 31 heavy (non-hydrogen) atoms. The maximum Gasteiger partial charge on any atom is 0.293 e. The minimum Gasteiger partial charge on any atom is -0.508 e. The van der Waals surface area contributed by atoms with Crippen LogP contribution in [0.5, 0.6) is 17.2 Å². The molecule has 0 atom stereocenters. The van der Waals surface area contributed by atoms with Gasteiger partial charge in [0.15, 0.2) is 0 Å². The number of phenols is 3. The smallest absolute Gasteiger partial charge is 0.293 e. The highest BCUT2D eigenvalue weighted by Gasteiger charge is 2.35. The molecule has 4 aromatic carbocycles. The summed E-state index contributed by atoms with van der Waals surface area (Å²) in [7, 11) is 0. The molecular weight excluding hydrogens is 384 g/mol. The van der Waals surface area contributed by atoms with Gasteiger partial charge < -0.3 is 15.3 Å². The average molecular weight is 414 g/mol. The summed E-state index contributed by atoms with van der Waals surface area (Å²) in [5.41, 5.74) is 5.19. The lowest BCUT2D eigenvalue weighted by Gasteiger charge is -2.36. The molecule has 4 aromatic rings. The van der Waals surface area contributed by atoms with Crippen LogP contribution in [0.1, 0.15) is 27.8 Å². The zero-order valence-corrected chi connectivity index (χ0v) is 17.4. The number of phenolic OH excluding ortho intramolecular Hbond substituents is 3. The van der Waals surface area contributed by atoms with E-state index < -0.39 is 5.41 Å². The topological polar surface area (TPSA) is 60.7 Å². The molecule has 0 heterocycles. The maximum absolute atomic E-state index is 7.24. The van der Waals surface area contributed by atoms with E-state index in [2.05, 4.69) is 46.5 Å². The van der Waals surface area contributed by atoms with Crippen LogP contribution in [0.15, 0.2) is 97.1 Å². The summed E-state index contributed by atoms with van der Waals surface area (Å²) < 4.78 is 21.6. The van der Waals surface area contributed by atoms with Gasteiger partial charge in [-0.15, -0.1) is 0 Å². The van der Waals surface area contributed by atoms with Gasteiger partial charge in [0.05, 0.1) is 0 Å². The van der Waals surface area contributed by atoms with Crippen molar-refractivity contribution in [2.45, 2.75) is 25.2 Å². The van der Waals surface area contributed by atoms with Crippen molar-refractivity contribution in [3.05, 3.63) is 125 Å². The van der Waals surface area contributed by atoms with Crippen molar-refractivity contribution in [3.63, 3.8) is 0 Å². The zero-order chi connectivity index (χ0) is 24.0. The third kappa shape index (κ3) is 4.56. The lowest BCUT2D eigenvalue weighted by atomic mass is 9.67. The number of hydrogen-bond acceptors (Lipinski definition) is 3. The summed E-state index contributed by atoms with van der Waals surface area (Å²) in [6, 6.07) is 31.4. The first-order valence-electron chi connectivity index (χ1n) is 11.5. The third-order valence-electron chi connectivity index (χ3n) is 5.87. The van der Waals surface area contributed by atoms with Gasteiger partial charge in [0.2, 0.25) is 0 Å². The highest BCUT2D eigenvalue weighted by Crippen LogP contribution is 2.40. The number of hydrogen-bond donors (Lipinski definition) is 3. The van der Waals surface area contributed by atoms with E-state index in [0.717, 1.165) is 23.1 Å². The van der Waals surface area contributed by atoms with Gasteiger partial charge in [-0.3, -0.25) is 0 Å². The molecule has 0 unspecified atom stereocenters. The molecule has 0 fully saturated rings. The second-order valence-corrected chi connectivity index (χ2v) is 8.11. The van der Waals surface area contributed by atoms with Crippen LogP contribution in [0.25, 0.3) is 0 Å². The number of aryl methyl sites for hydroxylation is 1. The predicted octanol–water partition coefficient (Wildman–Crippen LogP) is 5.88. The van der Waals surface area contributed by atoms with E-state index >= 15 is 0 Å². The lowest BCUT2D eigenvalue weighted by Crippen LogP contribution is -2.33. The third-order valence-corrected chi connectivity index (χ3v) is 5.87. The lowest BCUT2D eigenvalue weighted by molar-refractivity contribution is 0.467. The molecule has 0 aromatic heterocycles. The SMILES string of the molecule is [2H]Oc1ccc(CC(Cc2ccc(C)cc2)(c2ccc(O[2H])cc2)c2ccc(O[2H])cc2)cc1. The Kier molecular flexibility index (Phi) is 4.70. The predicted molar refractivity (Wildman–Crippen MR) is 124 cm³/mol.